The van der Waals surface area contributed by atoms with Gasteiger partial charge in [-0.15, -0.1) is 0 Å². The smallest absolute Gasteiger partial charge is 0.238 e. The Labute approximate surface area is 60.4 Å². The van der Waals surface area contributed by atoms with Crippen LogP contribution in [0.1, 0.15) is 12.8 Å². The number of hydrogen-bond donors (Lipinski definition) is 0. The first-order valence-electron chi connectivity index (χ1n) is 3.80. The molecule has 0 unspecified atom stereocenters. The van der Waals surface area contributed by atoms with E-state index in [0.29, 0.717) is 12.6 Å². The second-order valence-corrected chi connectivity index (χ2v) is 2.92. The second kappa shape index (κ2) is 2.23. The van der Waals surface area contributed by atoms with E-state index in [1.807, 2.05) is 4.90 Å². The molecule has 0 aromatic heterocycles. The molecule has 1 aliphatic heterocycles. The summed E-state index contributed by atoms with van der Waals surface area (Å²) in [5.41, 5.74) is 0. The lowest BCUT2D eigenvalue weighted by molar-refractivity contribution is -0.132. The minimum absolute atomic E-state index is 0.230. The lowest BCUT2D eigenvalue weighted by Gasteiger charge is -2.26. The third-order valence-electron chi connectivity index (χ3n) is 2.05. The van der Waals surface area contributed by atoms with Crippen LogP contribution in [-0.2, 0) is 4.79 Å². The van der Waals surface area contributed by atoms with Crippen molar-refractivity contribution in [2.75, 3.05) is 19.6 Å². The second-order valence-electron chi connectivity index (χ2n) is 2.92. The summed E-state index contributed by atoms with van der Waals surface area (Å²) in [7, 11) is 0. The van der Waals surface area contributed by atoms with Crippen molar-refractivity contribution < 1.29 is 4.79 Å². The Hall–Kier alpha value is -0.570. The molecule has 2 fully saturated rings. The van der Waals surface area contributed by atoms with E-state index in [1.165, 1.54) is 12.8 Å². The van der Waals surface area contributed by atoms with E-state index >= 15 is 0 Å². The number of hydrogen-bond acceptors (Lipinski definition) is 1. The molecule has 0 bridgehead atoms. The highest BCUT2D eigenvalue weighted by Crippen LogP contribution is 2.26. The van der Waals surface area contributed by atoms with Gasteiger partial charge in [0.2, 0.25) is 5.91 Å². The zero-order chi connectivity index (χ0) is 6.97. The monoisotopic (exact) mass is 139 g/mol. The largest absolute Gasteiger partial charge is 0.337 e. The van der Waals surface area contributed by atoms with Crippen LogP contribution in [0, 0.1) is 0 Å². The predicted molar refractivity (Wildman–Crippen MR) is 36.6 cm³/mol. The van der Waals surface area contributed by atoms with Crippen molar-refractivity contribution in [3.63, 3.8) is 0 Å². The molecule has 10 heavy (non-hydrogen) atoms. The molecule has 2 aliphatic rings. The minimum atomic E-state index is 0.230. The Kier molecular flexibility index (Phi) is 1.38. The van der Waals surface area contributed by atoms with Gasteiger partial charge in [0.1, 0.15) is 0 Å². The molecule has 1 amide bonds. The van der Waals surface area contributed by atoms with Gasteiger partial charge in [0.05, 0.1) is 6.54 Å². The van der Waals surface area contributed by atoms with Crippen molar-refractivity contribution in [3.05, 3.63) is 0 Å². The summed E-state index contributed by atoms with van der Waals surface area (Å²) in [6.07, 6.45) is 2.43. The van der Waals surface area contributed by atoms with Crippen molar-refractivity contribution >= 4 is 5.91 Å². The van der Waals surface area contributed by atoms with Crippen LogP contribution in [0.3, 0.4) is 0 Å². The summed E-state index contributed by atoms with van der Waals surface area (Å²) in [6.45, 7) is 2.14. The number of rotatable bonds is 1. The maximum atomic E-state index is 11.1. The van der Waals surface area contributed by atoms with E-state index in [4.69, 9.17) is 0 Å². The van der Waals surface area contributed by atoms with Crippen molar-refractivity contribution in [2.45, 2.75) is 18.9 Å². The zero-order valence-electron chi connectivity index (χ0n) is 5.92. The number of amides is 1. The summed E-state index contributed by atoms with van der Waals surface area (Å²) in [4.78, 5) is 13.1. The highest BCUT2D eigenvalue weighted by molar-refractivity contribution is 5.79. The SMILES string of the molecule is O=C1C[N]CCN1C1CC1. The summed E-state index contributed by atoms with van der Waals surface area (Å²) >= 11 is 0. The van der Waals surface area contributed by atoms with E-state index in [2.05, 4.69) is 5.32 Å². The minimum Gasteiger partial charge on any atom is -0.337 e. The third-order valence-corrected chi connectivity index (χ3v) is 2.05. The third kappa shape index (κ3) is 1.01. The summed E-state index contributed by atoms with van der Waals surface area (Å²) < 4.78 is 0. The van der Waals surface area contributed by atoms with Gasteiger partial charge in [-0.25, -0.2) is 5.32 Å². The molecule has 3 nitrogen and oxygen atoms in total. The topological polar surface area (TPSA) is 34.4 Å². The van der Waals surface area contributed by atoms with Crippen LogP contribution in [0.2, 0.25) is 0 Å². The van der Waals surface area contributed by atoms with Crippen LogP contribution in [0.5, 0.6) is 0 Å². The maximum absolute atomic E-state index is 11.1. The van der Waals surface area contributed by atoms with E-state index in [-0.39, 0.29) is 5.91 Å². The normalized spacial score (nSPS) is 27.2. The number of carbonyl (C=O) groups excluding carboxylic acids is 1. The molecule has 0 aromatic rings. The van der Waals surface area contributed by atoms with Crippen LogP contribution in [0.15, 0.2) is 0 Å². The first kappa shape index (κ1) is 6.16. The Balaban J connectivity index is 1.96. The fourth-order valence-corrected chi connectivity index (χ4v) is 1.34. The lowest BCUT2D eigenvalue weighted by atomic mass is 10.3. The van der Waals surface area contributed by atoms with Gasteiger partial charge in [-0.2, -0.15) is 0 Å². The van der Waals surface area contributed by atoms with Gasteiger partial charge in [0.25, 0.3) is 0 Å². The molecular weight excluding hydrogens is 128 g/mol. The Bertz CT molecular complexity index is 154. The molecule has 0 spiro atoms. The highest BCUT2D eigenvalue weighted by Gasteiger charge is 2.33. The van der Waals surface area contributed by atoms with E-state index < -0.39 is 0 Å². The molecule has 1 aliphatic carbocycles. The Morgan fingerprint density at radius 1 is 1.50 bits per heavy atom. The predicted octanol–water partition coefficient (Wildman–Crippen LogP) is -0.405. The van der Waals surface area contributed by atoms with Gasteiger partial charge in [0, 0.05) is 19.1 Å². The van der Waals surface area contributed by atoms with E-state index in [0.717, 1.165) is 13.1 Å². The van der Waals surface area contributed by atoms with Gasteiger partial charge in [-0.1, -0.05) is 0 Å². The van der Waals surface area contributed by atoms with Crippen LogP contribution < -0.4 is 5.32 Å². The molecule has 1 heterocycles. The first-order chi connectivity index (χ1) is 4.88. The molecule has 1 radical (unpaired) electrons. The van der Waals surface area contributed by atoms with Crippen molar-refractivity contribution in [1.29, 1.82) is 0 Å². The summed E-state index contributed by atoms with van der Waals surface area (Å²) in [6, 6.07) is 0.586. The Morgan fingerprint density at radius 2 is 2.30 bits per heavy atom. The highest BCUT2D eigenvalue weighted by atomic mass is 16.2. The average Bonchev–Trinajstić information content (AvgIpc) is 2.71. The van der Waals surface area contributed by atoms with Crippen molar-refractivity contribution in [3.8, 4) is 0 Å². The molecule has 0 N–H and O–H groups in total. The summed E-state index contributed by atoms with van der Waals surface area (Å²) in [5, 5.41) is 4.03. The van der Waals surface area contributed by atoms with Gasteiger partial charge >= 0.3 is 0 Å². The fraction of sp³-hybridized carbons (Fsp3) is 0.857. The van der Waals surface area contributed by atoms with E-state index in [1.54, 1.807) is 0 Å². The fourth-order valence-electron chi connectivity index (χ4n) is 1.34. The standard InChI is InChI=1S/C7H11N2O/c10-7-5-8-3-4-9(7)6-1-2-6/h6H,1-5H2. The number of nitrogens with zero attached hydrogens (tertiary/aromatic N) is 2. The van der Waals surface area contributed by atoms with Crippen LogP contribution in [0.25, 0.3) is 0 Å². The molecule has 1 saturated carbocycles. The van der Waals surface area contributed by atoms with Crippen LogP contribution in [0.4, 0.5) is 0 Å². The van der Waals surface area contributed by atoms with Gasteiger partial charge in [0.15, 0.2) is 0 Å². The van der Waals surface area contributed by atoms with Gasteiger partial charge in [-0.05, 0) is 12.8 Å². The van der Waals surface area contributed by atoms with Crippen LogP contribution >= 0.6 is 0 Å². The molecule has 1 saturated heterocycles. The Morgan fingerprint density at radius 3 is 2.90 bits per heavy atom. The molecule has 3 heteroatoms. The van der Waals surface area contributed by atoms with Crippen molar-refractivity contribution in [2.24, 2.45) is 0 Å². The molecule has 2 rings (SSSR count). The van der Waals surface area contributed by atoms with Crippen molar-refractivity contribution in [1.82, 2.24) is 10.2 Å². The molecule has 0 atom stereocenters. The van der Waals surface area contributed by atoms with Gasteiger partial charge < -0.3 is 4.90 Å². The molecule has 55 valence electrons. The quantitative estimate of drug-likeness (QED) is 0.486. The van der Waals surface area contributed by atoms with E-state index in [9.17, 15) is 4.79 Å². The lowest BCUT2D eigenvalue weighted by Crippen LogP contribution is -2.46. The number of carbonyl (C=O) groups is 1. The average molecular weight is 139 g/mol. The van der Waals surface area contributed by atoms with Gasteiger partial charge in [-0.3, -0.25) is 4.79 Å². The number of piperazine rings is 1. The molecular formula is C7H11N2O. The molecule has 0 aromatic carbocycles. The first-order valence-corrected chi connectivity index (χ1v) is 3.80. The summed E-state index contributed by atoms with van der Waals surface area (Å²) in [5.74, 6) is 0.230. The zero-order valence-corrected chi connectivity index (χ0v) is 5.92. The van der Waals surface area contributed by atoms with Crippen LogP contribution in [-0.4, -0.2) is 36.5 Å². The maximum Gasteiger partial charge on any atom is 0.238 e.